The molecule has 130 valence electrons. The highest BCUT2D eigenvalue weighted by atomic mass is 32.1. The number of rotatable bonds is 5. The van der Waals surface area contributed by atoms with E-state index < -0.39 is 0 Å². The maximum Gasteiger partial charge on any atom is 0.257 e. The second-order valence-corrected chi connectivity index (χ2v) is 6.70. The van der Waals surface area contributed by atoms with Gasteiger partial charge >= 0.3 is 0 Å². The van der Waals surface area contributed by atoms with Crippen molar-refractivity contribution in [1.29, 1.82) is 0 Å². The van der Waals surface area contributed by atoms with E-state index in [-0.39, 0.29) is 5.91 Å². The Morgan fingerprint density at radius 1 is 1.23 bits per heavy atom. The summed E-state index contributed by atoms with van der Waals surface area (Å²) in [5.41, 5.74) is 2.14. The van der Waals surface area contributed by atoms with E-state index in [0.29, 0.717) is 11.3 Å². The molecule has 0 aliphatic carbocycles. The second-order valence-electron chi connectivity index (χ2n) is 5.74. The number of hydrogen-bond donors (Lipinski definition) is 1. The molecule has 0 spiro atoms. The number of benzene rings is 1. The molecule has 1 amide bonds. The Hall–Kier alpha value is -3.13. The van der Waals surface area contributed by atoms with E-state index in [0.717, 1.165) is 34.2 Å². The van der Waals surface area contributed by atoms with Crippen molar-refractivity contribution in [1.82, 2.24) is 24.8 Å². The Bertz CT molecular complexity index is 1060. The third kappa shape index (κ3) is 3.18. The minimum atomic E-state index is -0.196. The number of nitrogens with zero attached hydrogens (tertiary/aromatic N) is 5. The average molecular weight is 364 g/mol. The van der Waals surface area contributed by atoms with E-state index in [4.69, 9.17) is 0 Å². The molecule has 0 saturated carbocycles. The molecular formula is C18H16N6OS. The van der Waals surface area contributed by atoms with Crippen LogP contribution >= 0.6 is 11.3 Å². The number of anilines is 1. The third-order valence-corrected chi connectivity index (χ3v) is 4.77. The molecule has 0 radical (unpaired) electrons. The monoisotopic (exact) mass is 364 g/mol. The van der Waals surface area contributed by atoms with Crippen LogP contribution in [-0.2, 0) is 6.42 Å². The molecule has 1 N–H and O–H groups in total. The van der Waals surface area contributed by atoms with Crippen LogP contribution in [0.4, 0.5) is 5.69 Å². The van der Waals surface area contributed by atoms with Crippen LogP contribution in [0.3, 0.4) is 0 Å². The molecule has 0 unspecified atom stereocenters. The zero-order valence-corrected chi connectivity index (χ0v) is 14.9. The van der Waals surface area contributed by atoms with E-state index in [1.165, 1.54) is 17.5 Å². The molecule has 0 saturated heterocycles. The van der Waals surface area contributed by atoms with Gasteiger partial charge in [0.15, 0.2) is 5.82 Å². The lowest BCUT2D eigenvalue weighted by atomic mass is 10.2. The number of fused-ring (bicyclic) bond motifs is 1. The van der Waals surface area contributed by atoms with Crippen molar-refractivity contribution in [2.45, 2.75) is 19.8 Å². The fraction of sp³-hybridized carbons (Fsp3) is 0.167. The molecule has 0 atom stereocenters. The molecule has 26 heavy (non-hydrogen) atoms. The summed E-state index contributed by atoms with van der Waals surface area (Å²) >= 11 is 1.48. The van der Waals surface area contributed by atoms with Crippen LogP contribution in [0.1, 0.15) is 29.5 Å². The van der Waals surface area contributed by atoms with Gasteiger partial charge in [0.1, 0.15) is 5.01 Å². The van der Waals surface area contributed by atoms with Gasteiger partial charge in [-0.25, -0.2) is 0 Å². The Morgan fingerprint density at radius 3 is 2.96 bits per heavy atom. The van der Waals surface area contributed by atoms with Crippen LogP contribution in [0, 0.1) is 0 Å². The number of carbonyl (C=O) groups excluding carboxylic acids is 1. The molecule has 3 heterocycles. The Balaban J connectivity index is 1.60. The normalized spacial score (nSPS) is 11.0. The maximum absolute atomic E-state index is 12.3. The van der Waals surface area contributed by atoms with Crippen molar-refractivity contribution in [3.8, 4) is 10.6 Å². The van der Waals surface area contributed by atoms with E-state index in [9.17, 15) is 4.79 Å². The van der Waals surface area contributed by atoms with Gasteiger partial charge in [0.25, 0.3) is 5.91 Å². The van der Waals surface area contributed by atoms with Crippen molar-refractivity contribution < 1.29 is 4.79 Å². The van der Waals surface area contributed by atoms with Gasteiger partial charge in [0.05, 0.1) is 5.56 Å². The summed E-state index contributed by atoms with van der Waals surface area (Å²) in [5.74, 6) is 0.671. The summed E-state index contributed by atoms with van der Waals surface area (Å²) in [4.78, 5) is 17.0. The quantitative estimate of drug-likeness (QED) is 0.586. The zero-order chi connectivity index (χ0) is 17.9. The zero-order valence-electron chi connectivity index (χ0n) is 14.1. The van der Waals surface area contributed by atoms with Gasteiger partial charge in [-0.05, 0) is 30.7 Å². The molecule has 0 aliphatic heterocycles. The number of hydrogen-bond acceptors (Lipinski definition) is 6. The standard InChI is InChI=1S/C18H16N6OS/c1-2-5-15-21-22-18-24(15)23-17(26-18)12-6-3-8-14(10-12)20-16(25)13-7-4-9-19-11-13/h3-4,6-11H,2,5H2,1H3,(H,20,25). The lowest BCUT2D eigenvalue weighted by Gasteiger charge is -2.06. The first-order valence-electron chi connectivity index (χ1n) is 8.27. The molecule has 4 rings (SSSR count). The molecular weight excluding hydrogens is 348 g/mol. The first kappa shape index (κ1) is 16.3. The number of carbonyl (C=O) groups is 1. The summed E-state index contributed by atoms with van der Waals surface area (Å²) in [6.07, 6.45) is 5.00. The second kappa shape index (κ2) is 7.01. The molecule has 1 aromatic carbocycles. The van der Waals surface area contributed by atoms with Crippen molar-refractivity contribution in [3.05, 3.63) is 60.2 Å². The topological polar surface area (TPSA) is 85.1 Å². The smallest absolute Gasteiger partial charge is 0.257 e. The van der Waals surface area contributed by atoms with Gasteiger partial charge in [-0.1, -0.05) is 30.4 Å². The van der Waals surface area contributed by atoms with E-state index in [1.54, 1.807) is 22.8 Å². The van der Waals surface area contributed by atoms with Gasteiger partial charge in [-0.3, -0.25) is 9.78 Å². The number of nitrogens with one attached hydrogen (secondary N) is 1. The minimum Gasteiger partial charge on any atom is -0.322 e. The Morgan fingerprint density at radius 2 is 2.15 bits per heavy atom. The van der Waals surface area contributed by atoms with E-state index in [1.807, 2.05) is 24.3 Å². The largest absolute Gasteiger partial charge is 0.322 e. The van der Waals surface area contributed by atoms with Crippen LogP contribution in [0.25, 0.3) is 15.5 Å². The molecule has 8 heteroatoms. The maximum atomic E-state index is 12.3. The molecule has 4 aromatic rings. The summed E-state index contributed by atoms with van der Waals surface area (Å²) in [6.45, 7) is 2.10. The van der Waals surface area contributed by atoms with Gasteiger partial charge in [0, 0.05) is 30.1 Å². The summed E-state index contributed by atoms with van der Waals surface area (Å²) in [7, 11) is 0. The third-order valence-electron chi connectivity index (χ3n) is 3.82. The SMILES string of the molecule is CCCc1nnc2sc(-c3cccc(NC(=O)c4cccnc4)c3)nn12. The van der Waals surface area contributed by atoms with Crippen LogP contribution in [0.15, 0.2) is 48.8 Å². The fourth-order valence-electron chi connectivity index (χ4n) is 2.58. The van der Waals surface area contributed by atoms with E-state index >= 15 is 0 Å². The van der Waals surface area contributed by atoms with Gasteiger partial charge in [-0.2, -0.15) is 9.61 Å². The number of aryl methyl sites for hydroxylation is 1. The van der Waals surface area contributed by atoms with Gasteiger partial charge in [0.2, 0.25) is 4.96 Å². The molecule has 0 bridgehead atoms. The Kier molecular flexibility index (Phi) is 4.40. The van der Waals surface area contributed by atoms with Gasteiger partial charge in [-0.15, -0.1) is 10.2 Å². The lowest BCUT2D eigenvalue weighted by Crippen LogP contribution is -2.11. The Labute approximate surface area is 153 Å². The van der Waals surface area contributed by atoms with Gasteiger partial charge < -0.3 is 5.32 Å². The minimum absolute atomic E-state index is 0.196. The number of pyridine rings is 1. The summed E-state index contributed by atoms with van der Waals surface area (Å²) in [5, 5.41) is 16.7. The van der Waals surface area contributed by atoms with Crippen LogP contribution in [0.5, 0.6) is 0 Å². The van der Waals surface area contributed by atoms with Crippen molar-refractivity contribution in [2.24, 2.45) is 0 Å². The van der Waals surface area contributed by atoms with Crippen molar-refractivity contribution >= 4 is 27.9 Å². The first-order chi connectivity index (χ1) is 12.7. The highest BCUT2D eigenvalue weighted by molar-refractivity contribution is 7.19. The summed E-state index contributed by atoms with van der Waals surface area (Å²) in [6, 6.07) is 11.1. The predicted octanol–water partition coefficient (Wildman–Crippen LogP) is 3.45. The van der Waals surface area contributed by atoms with Crippen LogP contribution in [-0.4, -0.2) is 30.7 Å². The van der Waals surface area contributed by atoms with Crippen molar-refractivity contribution in [3.63, 3.8) is 0 Å². The predicted molar refractivity (Wildman–Crippen MR) is 100 cm³/mol. The van der Waals surface area contributed by atoms with E-state index in [2.05, 4.69) is 32.5 Å². The molecule has 0 fully saturated rings. The average Bonchev–Trinajstić information content (AvgIpc) is 3.25. The highest BCUT2D eigenvalue weighted by Gasteiger charge is 2.13. The molecule has 0 aliphatic rings. The number of aromatic nitrogens is 5. The molecule has 7 nitrogen and oxygen atoms in total. The molecule has 3 aromatic heterocycles. The fourth-order valence-corrected chi connectivity index (χ4v) is 3.44. The van der Waals surface area contributed by atoms with Crippen molar-refractivity contribution in [2.75, 3.05) is 5.32 Å². The van der Waals surface area contributed by atoms with Crippen LogP contribution < -0.4 is 5.32 Å². The lowest BCUT2D eigenvalue weighted by molar-refractivity contribution is 0.102. The summed E-state index contributed by atoms with van der Waals surface area (Å²) < 4.78 is 1.80. The van der Waals surface area contributed by atoms with Crippen LogP contribution in [0.2, 0.25) is 0 Å². The first-order valence-corrected chi connectivity index (χ1v) is 9.09. The highest BCUT2D eigenvalue weighted by Crippen LogP contribution is 2.27. The number of amides is 1.